The molecule has 7 heteroatoms. The van der Waals surface area contributed by atoms with Gasteiger partial charge in [-0.1, -0.05) is 128 Å². The second-order valence-corrected chi connectivity index (χ2v) is 14.2. The van der Waals surface area contributed by atoms with Crippen LogP contribution in [0.2, 0.25) is 0 Å². The molecule has 0 aromatic heterocycles. The summed E-state index contributed by atoms with van der Waals surface area (Å²) in [5, 5.41) is 0. The Balaban J connectivity index is 4.07. The second-order valence-electron chi connectivity index (χ2n) is 14.2. The van der Waals surface area contributed by atoms with Crippen molar-refractivity contribution >= 4 is 17.9 Å². The molecule has 0 aliphatic heterocycles. The van der Waals surface area contributed by atoms with E-state index >= 15 is 0 Å². The summed E-state index contributed by atoms with van der Waals surface area (Å²) in [7, 11) is 4.05. The fourth-order valence-electron chi connectivity index (χ4n) is 5.77. The van der Waals surface area contributed by atoms with Gasteiger partial charge >= 0.3 is 17.9 Å². The van der Waals surface area contributed by atoms with Gasteiger partial charge in [-0.05, 0) is 78.4 Å². The number of ether oxygens (including phenoxy) is 3. The standard InChI is InChI=1S/C43H75NO6/c1-5-7-9-11-23-29-38-48-41(45)34-27-21-17-13-15-19-25-32-40(50-43(47)36-31-37-44(3)4)33-26-20-16-14-18-22-28-35-42(46)49-39-30-24-12-10-8-6-2/h40H,5-28,31-37H2,1-4H3. The van der Waals surface area contributed by atoms with E-state index in [4.69, 9.17) is 14.2 Å². The summed E-state index contributed by atoms with van der Waals surface area (Å²) in [5.74, 6) is 5.39. The average molecular weight is 702 g/mol. The number of esters is 3. The van der Waals surface area contributed by atoms with Crippen LogP contribution in [0.4, 0.5) is 0 Å². The van der Waals surface area contributed by atoms with Gasteiger partial charge in [0.15, 0.2) is 0 Å². The van der Waals surface area contributed by atoms with Gasteiger partial charge in [0.25, 0.3) is 0 Å². The van der Waals surface area contributed by atoms with Gasteiger partial charge in [0.2, 0.25) is 0 Å². The van der Waals surface area contributed by atoms with Crippen LogP contribution in [0.15, 0.2) is 0 Å². The minimum Gasteiger partial charge on any atom is -0.462 e. The summed E-state index contributed by atoms with van der Waals surface area (Å²) in [6.07, 6.45) is 35.3. The van der Waals surface area contributed by atoms with Crippen LogP contribution in [0.1, 0.15) is 206 Å². The van der Waals surface area contributed by atoms with E-state index in [1.165, 1.54) is 51.4 Å². The predicted octanol–water partition coefficient (Wildman–Crippen LogP) is 11.2. The molecule has 50 heavy (non-hydrogen) atoms. The van der Waals surface area contributed by atoms with E-state index in [9.17, 15) is 14.4 Å². The Hall–Kier alpha value is -2.51. The van der Waals surface area contributed by atoms with Crippen molar-refractivity contribution in [2.24, 2.45) is 0 Å². The fourth-order valence-corrected chi connectivity index (χ4v) is 5.77. The maximum absolute atomic E-state index is 12.5. The van der Waals surface area contributed by atoms with Crippen LogP contribution >= 0.6 is 0 Å². The summed E-state index contributed by atoms with van der Waals surface area (Å²) >= 11 is 0. The molecule has 0 aromatic carbocycles. The smallest absolute Gasteiger partial charge is 0.319 e. The summed E-state index contributed by atoms with van der Waals surface area (Å²) in [6, 6.07) is 0. The molecular weight excluding hydrogens is 626 g/mol. The van der Waals surface area contributed by atoms with Crippen LogP contribution in [0, 0.1) is 24.1 Å². The molecular formula is C43H75NO6. The maximum Gasteiger partial charge on any atom is 0.319 e. The zero-order chi connectivity index (χ0) is 36.8. The molecule has 7 nitrogen and oxygen atoms in total. The van der Waals surface area contributed by atoms with Crippen LogP contribution in [0.3, 0.4) is 0 Å². The number of rotatable bonds is 33. The van der Waals surface area contributed by atoms with Crippen LogP contribution in [0.25, 0.3) is 0 Å². The number of hydrogen-bond acceptors (Lipinski definition) is 7. The van der Waals surface area contributed by atoms with Crippen molar-refractivity contribution in [3.8, 4) is 24.1 Å². The van der Waals surface area contributed by atoms with Crippen LogP contribution in [-0.2, 0) is 28.6 Å². The minimum absolute atomic E-state index is 0.0118. The highest BCUT2D eigenvalue weighted by Crippen LogP contribution is 2.18. The van der Waals surface area contributed by atoms with E-state index in [1.54, 1.807) is 0 Å². The van der Waals surface area contributed by atoms with Gasteiger partial charge in [0, 0.05) is 32.1 Å². The Morgan fingerprint density at radius 1 is 0.480 bits per heavy atom. The topological polar surface area (TPSA) is 82.1 Å². The average Bonchev–Trinajstić information content (AvgIpc) is 3.09. The number of carbonyl (C=O) groups excluding carboxylic acids is 3. The van der Waals surface area contributed by atoms with E-state index in [-0.39, 0.29) is 24.0 Å². The number of unbranched alkanes of at least 4 members (excludes halogenated alkanes) is 20. The molecule has 0 aliphatic rings. The highest BCUT2D eigenvalue weighted by molar-refractivity contribution is 5.71. The van der Waals surface area contributed by atoms with Crippen molar-refractivity contribution in [3.05, 3.63) is 0 Å². The Morgan fingerprint density at radius 2 is 0.860 bits per heavy atom. The lowest BCUT2D eigenvalue weighted by atomic mass is 10.0. The predicted molar refractivity (Wildman–Crippen MR) is 206 cm³/mol. The first-order valence-electron chi connectivity index (χ1n) is 20.6. The first-order chi connectivity index (χ1) is 24.4. The van der Waals surface area contributed by atoms with Crippen molar-refractivity contribution in [2.75, 3.05) is 20.6 Å². The molecule has 0 atom stereocenters. The maximum atomic E-state index is 12.5. The van der Waals surface area contributed by atoms with Gasteiger partial charge in [-0.15, -0.1) is 0 Å². The van der Waals surface area contributed by atoms with Gasteiger partial charge < -0.3 is 19.1 Å². The summed E-state index contributed by atoms with van der Waals surface area (Å²) < 4.78 is 16.0. The zero-order valence-electron chi connectivity index (χ0n) is 32.9. The molecule has 0 fully saturated rings. The van der Waals surface area contributed by atoms with E-state index in [0.29, 0.717) is 19.3 Å². The van der Waals surface area contributed by atoms with Crippen LogP contribution in [0.5, 0.6) is 0 Å². The van der Waals surface area contributed by atoms with Crippen molar-refractivity contribution < 1.29 is 28.6 Å². The number of carbonyl (C=O) groups is 3. The van der Waals surface area contributed by atoms with Gasteiger partial charge in [0.1, 0.15) is 18.3 Å². The highest BCUT2D eigenvalue weighted by Gasteiger charge is 2.14. The zero-order valence-corrected chi connectivity index (χ0v) is 32.9. The molecule has 0 spiro atoms. The van der Waals surface area contributed by atoms with Gasteiger partial charge in [-0.2, -0.15) is 0 Å². The molecule has 0 radical (unpaired) electrons. The van der Waals surface area contributed by atoms with E-state index in [2.05, 4.69) is 42.8 Å². The molecule has 0 aliphatic carbocycles. The van der Waals surface area contributed by atoms with E-state index in [0.717, 1.165) is 129 Å². The minimum atomic E-state index is -0.211. The lowest BCUT2D eigenvalue weighted by Gasteiger charge is -2.18. The van der Waals surface area contributed by atoms with Crippen LogP contribution < -0.4 is 0 Å². The summed E-state index contributed by atoms with van der Waals surface area (Å²) in [4.78, 5) is 38.3. The van der Waals surface area contributed by atoms with Crippen molar-refractivity contribution in [3.63, 3.8) is 0 Å². The number of nitrogens with zero attached hydrogens (tertiary/aromatic N) is 1. The third-order valence-electron chi connectivity index (χ3n) is 8.88. The molecule has 0 saturated heterocycles. The van der Waals surface area contributed by atoms with E-state index < -0.39 is 0 Å². The monoisotopic (exact) mass is 702 g/mol. The summed E-state index contributed by atoms with van der Waals surface area (Å²) in [5.41, 5.74) is 0. The Morgan fingerprint density at radius 3 is 1.28 bits per heavy atom. The van der Waals surface area contributed by atoms with E-state index in [1.807, 2.05) is 14.1 Å². The molecule has 0 unspecified atom stereocenters. The van der Waals surface area contributed by atoms with Crippen molar-refractivity contribution in [1.29, 1.82) is 0 Å². The first kappa shape index (κ1) is 47.5. The Labute approximate surface area is 308 Å². The van der Waals surface area contributed by atoms with Gasteiger partial charge in [-0.25, -0.2) is 0 Å². The van der Waals surface area contributed by atoms with Gasteiger partial charge in [-0.3, -0.25) is 14.4 Å². The van der Waals surface area contributed by atoms with Crippen LogP contribution in [-0.4, -0.2) is 49.6 Å². The Bertz CT molecular complexity index is 879. The van der Waals surface area contributed by atoms with Gasteiger partial charge in [0.05, 0.1) is 0 Å². The SMILES string of the molecule is CCCCCCC#COC(=O)CCCCCCCCCC(CCCCCCCCCC(=O)OC#CCCCCCC)OC(=O)CCCN(C)C. The molecule has 0 heterocycles. The molecule has 0 aromatic rings. The van der Waals surface area contributed by atoms with Crippen molar-refractivity contribution in [1.82, 2.24) is 4.90 Å². The highest BCUT2D eigenvalue weighted by atomic mass is 16.5. The second kappa shape index (κ2) is 37.7. The quantitative estimate of drug-likeness (QED) is 0.0291. The molecule has 0 amide bonds. The largest absolute Gasteiger partial charge is 0.462 e. The first-order valence-corrected chi connectivity index (χ1v) is 20.6. The lowest BCUT2D eigenvalue weighted by Crippen LogP contribution is -2.20. The molecule has 0 saturated carbocycles. The third-order valence-corrected chi connectivity index (χ3v) is 8.88. The fraction of sp³-hybridized carbons (Fsp3) is 0.837. The molecule has 288 valence electrons. The normalized spacial score (nSPS) is 10.8. The third kappa shape index (κ3) is 36.8. The van der Waals surface area contributed by atoms with Crippen molar-refractivity contribution in [2.45, 2.75) is 213 Å². The molecule has 0 rings (SSSR count). The molecule has 0 bridgehead atoms. The Kier molecular flexibility index (Phi) is 35.8. The molecule has 0 N–H and O–H groups in total. The lowest BCUT2D eigenvalue weighted by molar-refractivity contribution is -0.150. The summed E-state index contributed by atoms with van der Waals surface area (Å²) in [6.45, 7) is 5.27. The number of hydrogen-bond donors (Lipinski definition) is 0.